The van der Waals surface area contributed by atoms with Crippen LogP contribution in [0.4, 0.5) is 5.69 Å². The van der Waals surface area contributed by atoms with E-state index in [0.717, 1.165) is 5.56 Å². The van der Waals surface area contributed by atoms with Gasteiger partial charge in [0, 0.05) is 23.0 Å². The molecule has 0 aliphatic carbocycles. The third kappa shape index (κ3) is 2.10. The Labute approximate surface area is 103 Å². The number of nitrogens with one attached hydrogen (secondary N) is 1. The molecule has 5 nitrogen and oxygen atoms in total. The lowest BCUT2D eigenvalue weighted by Crippen LogP contribution is -2.01. The molecule has 0 saturated heterocycles. The monoisotopic (exact) mass is 244 g/mol. The fraction of sp³-hybridized carbons (Fsp3) is 0.0769. The number of aromatic nitrogens is 1. The smallest absolute Gasteiger partial charge is 0.352 e. The molecular weight excluding hydrogens is 232 g/mol. The first kappa shape index (κ1) is 11.9. The van der Waals surface area contributed by atoms with Crippen molar-refractivity contribution in [1.29, 1.82) is 0 Å². The number of carbonyl (C=O) groups excluding carboxylic acids is 1. The Hall–Kier alpha value is -2.56. The van der Waals surface area contributed by atoms with Gasteiger partial charge in [-0.15, -0.1) is 0 Å². The lowest BCUT2D eigenvalue weighted by atomic mass is 10.0. The Morgan fingerprint density at radius 2 is 1.94 bits per heavy atom. The number of hydrogen-bond acceptors (Lipinski definition) is 3. The summed E-state index contributed by atoms with van der Waals surface area (Å²) in [5, 5.41) is 8.77. The van der Waals surface area contributed by atoms with Gasteiger partial charge in [-0.1, -0.05) is 0 Å². The highest BCUT2D eigenvalue weighted by Gasteiger charge is 2.14. The summed E-state index contributed by atoms with van der Waals surface area (Å²) in [6.07, 6.45) is 1.39. The largest absolute Gasteiger partial charge is 0.477 e. The van der Waals surface area contributed by atoms with Crippen LogP contribution < -0.4 is 5.73 Å². The van der Waals surface area contributed by atoms with Gasteiger partial charge in [0.15, 0.2) is 5.78 Å². The maximum absolute atomic E-state index is 12.1. The fourth-order valence-corrected chi connectivity index (χ4v) is 1.63. The molecule has 0 amide bonds. The van der Waals surface area contributed by atoms with Crippen molar-refractivity contribution in [3.05, 3.63) is 52.8 Å². The summed E-state index contributed by atoms with van der Waals surface area (Å²) in [6.45, 7) is 1.81. The molecule has 1 aromatic heterocycles. The fourth-order valence-electron chi connectivity index (χ4n) is 1.63. The van der Waals surface area contributed by atoms with E-state index in [4.69, 9.17) is 10.8 Å². The van der Waals surface area contributed by atoms with Crippen LogP contribution in [0, 0.1) is 6.92 Å². The van der Waals surface area contributed by atoms with E-state index in [-0.39, 0.29) is 11.5 Å². The Morgan fingerprint density at radius 3 is 2.50 bits per heavy atom. The van der Waals surface area contributed by atoms with Crippen molar-refractivity contribution in [2.75, 3.05) is 5.73 Å². The van der Waals surface area contributed by atoms with E-state index in [0.29, 0.717) is 16.8 Å². The van der Waals surface area contributed by atoms with Crippen LogP contribution in [0.15, 0.2) is 30.5 Å². The van der Waals surface area contributed by atoms with Gasteiger partial charge in [0.2, 0.25) is 0 Å². The van der Waals surface area contributed by atoms with Gasteiger partial charge in [-0.25, -0.2) is 4.79 Å². The molecule has 1 heterocycles. The van der Waals surface area contributed by atoms with Gasteiger partial charge in [-0.3, -0.25) is 4.79 Å². The van der Waals surface area contributed by atoms with Crippen molar-refractivity contribution in [1.82, 2.24) is 4.98 Å². The molecule has 0 spiro atoms. The molecule has 0 unspecified atom stereocenters. The Kier molecular flexibility index (Phi) is 2.89. The highest BCUT2D eigenvalue weighted by atomic mass is 16.4. The average molecular weight is 244 g/mol. The summed E-state index contributed by atoms with van der Waals surface area (Å²) >= 11 is 0. The van der Waals surface area contributed by atoms with Crippen molar-refractivity contribution >= 4 is 17.4 Å². The van der Waals surface area contributed by atoms with Crippen LogP contribution in [-0.4, -0.2) is 21.8 Å². The maximum Gasteiger partial charge on any atom is 0.352 e. The van der Waals surface area contributed by atoms with E-state index in [1.165, 1.54) is 12.3 Å². The number of anilines is 1. The number of nitrogens with two attached hydrogens (primary N) is 1. The lowest BCUT2D eigenvalue weighted by Gasteiger charge is -2.02. The molecule has 0 bridgehead atoms. The number of carboxylic acid groups (broad SMARTS) is 1. The first-order valence-electron chi connectivity index (χ1n) is 5.31. The van der Waals surface area contributed by atoms with Gasteiger partial charge in [0.05, 0.1) is 0 Å². The van der Waals surface area contributed by atoms with Crippen molar-refractivity contribution in [3.63, 3.8) is 0 Å². The van der Waals surface area contributed by atoms with E-state index < -0.39 is 5.97 Å². The number of ketones is 1. The number of benzene rings is 1. The predicted molar refractivity (Wildman–Crippen MR) is 66.8 cm³/mol. The van der Waals surface area contributed by atoms with Gasteiger partial charge in [0.1, 0.15) is 5.69 Å². The number of hydrogen-bond donors (Lipinski definition) is 3. The predicted octanol–water partition coefficient (Wildman–Crippen LogP) is 1.83. The second-order valence-corrected chi connectivity index (χ2v) is 4.01. The number of aromatic carboxylic acids is 1. The molecule has 0 atom stereocenters. The summed E-state index contributed by atoms with van der Waals surface area (Å²) in [5.74, 6) is -1.33. The molecule has 5 heteroatoms. The SMILES string of the molecule is Cc1cc(C(=O)c2c[nH]c(C(=O)O)c2)ccc1N. The first-order chi connectivity index (χ1) is 8.49. The Morgan fingerprint density at radius 1 is 1.22 bits per heavy atom. The standard InChI is InChI=1S/C13H12N2O3/c1-7-4-8(2-3-10(7)14)12(16)9-5-11(13(17)18)15-6-9/h2-6,15H,14H2,1H3,(H,17,18). The molecule has 0 aliphatic rings. The zero-order chi connectivity index (χ0) is 13.3. The summed E-state index contributed by atoms with van der Waals surface area (Å²) in [7, 11) is 0. The number of carbonyl (C=O) groups is 2. The van der Waals surface area contributed by atoms with E-state index in [2.05, 4.69) is 4.98 Å². The van der Waals surface area contributed by atoms with Gasteiger partial charge >= 0.3 is 5.97 Å². The third-order valence-corrected chi connectivity index (χ3v) is 2.71. The van der Waals surface area contributed by atoms with Gasteiger partial charge in [-0.2, -0.15) is 0 Å². The Balaban J connectivity index is 2.35. The van der Waals surface area contributed by atoms with Crippen LogP contribution in [-0.2, 0) is 0 Å². The zero-order valence-electron chi connectivity index (χ0n) is 9.73. The second-order valence-electron chi connectivity index (χ2n) is 4.01. The van der Waals surface area contributed by atoms with Gasteiger partial charge in [0.25, 0.3) is 0 Å². The molecule has 92 valence electrons. The Bertz CT molecular complexity index is 629. The molecule has 1 aromatic carbocycles. The third-order valence-electron chi connectivity index (χ3n) is 2.71. The van der Waals surface area contributed by atoms with Crippen LogP contribution in [0.1, 0.15) is 32.0 Å². The molecule has 0 aliphatic heterocycles. The van der Waals surface area contributed by atoms with Crippen LogP contribution >= 0.6 is 0 Å². The number of carboxylic acids is 1. The number of aryl methyl sites for hydroxylation is 1. The van der Waals surface area contributed by atoms with Crippen molar-refractivity contribution in [3.8, 4) is 0 Å². The molecule has 4 N–H and O–H groups in total. The van der Waals surface area contributed by atoms with E-state index in [1.54, 1.807) is 18.2 Å². The molecule has 2 rings (SSSR count). The minimum absolute atomic E-state index is 0.00878. The second kappa shape index (κ2) is 4.37. The number of aromatic amines is 1. The van der Waals surface area contributed by atoms with Crippen LogP contribution in [0.25, 0.3) is 0 Å². The first-order valence-corrected chi connectivity index (χ1v) is 5.31. The molecule has 2 aromatic rings. The van der Waals surface area contributed by atoms with Crippen molar-refractivity contribution < 1.29 is 14.7 Å². The molecule has 18 heavy (non-hydrogen) atoms. The highest BCUT2D eigenvalue weighted by Crippen LogP contribution is 2.16. The lowest BCUT2D eigenvalue weighted by molar-refractivity contribution is 0.0691. The van der Waals surface area contributed by atoms with Crippen LogP contribution in [0.5, 0.6) is 0 Å². The van der Waals surface area contributed by atoms with Gasteiger partial charge < -0.3 is 15.8 Å². The number of H-pyrrole nitrogens is 1. The van der Waals surface area contributed by atoms with Crippen molar-refractivity contribution in [2.45, 2.75) is 6.92 Å². The summed E-state index contributed by atoms with van der Waals surface area (Å²) < 4.78 is 0. The highest BCUT2D eigenvalue weighted by molar-refractivity contribution is 6.10. The van der Waals surface area contributed by atoms with Gasteiger partial charge in [-0.05, 0) is 36.8 Å². The van der Waals surface area contributed by atoms with Crippen molar-refractivity contribution in [2.24, 2.45) is 0 Å². The quantitative estimate of drug-likeness (QED) is 0.567. The molecular formula is C13H12N2O3. The van der Waals surface area contributed by atoms with E-state index in [1.807, 2.05) is 6.92 Å². The number of rotatable bonds is 3. The summed E-state index contributed by atoms with van der Waals surface area (Å²) in [6, 6.07) is 6.28. The van der Waals surface area contributed by atoms with E-state index in [9.17, 15) is 9.59 Å². The summed E-state index contributed by atoms with van der Waals surface area (Å²) in [4.78, 5) is 25.3. The van der Waals surface area contributed by atoms with E-state index >= 15 is 0 Å². The average Bonchev–Trinajstić information content (AvgIpc) is 2.81. The zero-order valence-corrected chi connectivity index (χ0v) is 9.73. The number of nitrogen functional groups attached to an aromatic ring is 1. The minimum Gasteiger partial charge on any atom is -0.477 e. The molecule has 0 radical (unpaired) electrons. The topological polar surface area (TPSA) is 96.2 Å². The maximum atomic E-state index is 12.1. The summed E-state index contributed by atoms with van der Waals surface area (Å²) in [5.41, 5.74) is 7.90. The van der Waals surface area contributed by atoms with Crippen LogP contribution in [0.2, 0.25) is 0 Å². The minimum atomic E-state index is -1.09. The molecule has 0 saturated carbocycles. The van der Waals surface area contributed by atoms with Crippen LogP contribution in [0.3, 0.4) is 0 Å². The normalized spacial score (nSPS) is 10.3. The molecule has 0 fully saturated rings.